The maximum atomic E-state index is 11.5. The van der Waals surface area contributed by atoms with Crippen LogP contribution in [0.4, 0.5) is 4.79 Å². The van der Waals surface area contributed by atoms with E-state index in [2.05, 4.69) is 15.6 Å². The maximum Gasteiger partial charge on any atom is 0.354 e. The van der Waals surface area contributed by atoms with Crippen molar-refractivity contribution in [2.24, 2.45) is 5.73 Å². The monoisotopic (exact) mass is 280 g/mol. The first-order chi connectivity index (χ1) is 9.38. The van der Waals surface area contributed by atoms with Crippen LogP contribution < -0.4 is 16.4 Å². The van der Waals surface area contributed by atoms with Crippen molar-refractivity contribution in [3.05, 3.63) is 29.6 Å². The van der Waals surface area contributed by atoms with E-state index in [1.54, 1.807) is 13.0 Å². The summed E-state index contributed by atoms with van der Waals surface area (Å²) in [5.41, 5.74) is 5.60. The van der Waals surface area contributed by atoms with Crippen LogP contribution in [-0.2, 0) is 11.3 Å². The number of hydrogen-bond donors (Lipinski definition) is 4. The highest BCUT2D eigenvalue weighted by Gasteiger charge is 2.09. The van der Waals surface area contributed by atoms with Crippen LogP contribution in [0, 0.1) is 0 Å². The van der Waals surface area contributed by atoms with Crippen molar-refractivity contribution < 1.29 is 19.5 Å². The number of nitrogens with one attached hydrogen (secondary N) is 2. The molecule has 5 N–H and O–H groups in total. The van der Waals surface area contributed by atoms with Gasteiger partial charge in [0.2, 0.25) is 5.91 Å². The molecule has 0 aliphatic rings. The Kier molecular flexibility index (Phi) is 5.45. The summed E-state index contributed by atoms with van der Waals surface area (Å²) in [7, 11) is 0. The van der Waals surface area contributed by atoms with Gasteiger partial charge in [0.1, 0.15) is 5.69 Å². The number of nitrogens with zero attached hydrogens (tertiary/aromatic N) is 1. The molecule has 3 amide bonds. The topological polar surface area (TPSA) is 134 Å². The zero-order chi connectivity index (χ0) is 15.1. The van der Waals surface area contributed by atoms with E-state index in [-0.39, 0.29) is 24.7 Å². The van der Waals surface area contributed by atoms with Crippen molar-refractivity contribution in [1.29, 1.82) is 0 Å². The minimum Gasteiger partial charge on any atom is -0.477 e. The largest absolute Gasteiger partial charge is 0.477 e. The van der Waals surface area contributed by atoms with Gasteiger partial charge in [-0.05, 0) is 18.6 Å². The molecule has 1 rings (SSSR count). The van der Waals surface area contributed by atoms with Crippen molar-refractivity contribution >= 4 is 17.9 Å². The molecule has 0 spiro atoms. The lowest BCUT2D eigenvalue weighted by Crippen LogP contribution is -2.42. The molecule has 0 fully saturated rings. The molecule has 0 aliphatic heterocycles. The van der Waals surface area contributed by atoms with E-state index in [4.69, 9.17) is 10.8 Å². The zero-order valence-electron chi connectivity index (χ0n) is 10.9. The third-order valence-electron chi connectivity index (χ3n) is 2.38. The summed E-state index contributed by atoms with van der Waals surface area (Å²) in [5, 5.41) is 13.8. The van der Waals surface area contributed by atoms with Gasteiger partial charge in [-0.3, -0.25) is 4.79 Å². The van der Waals surface area contributed by atoms with E-state index in [9.17, 15) is 14.4 Å². The molecule has 0 bridgehead atoms. The van der Waals surface area contributed by atoms with Gasteiger partial charge < -0.3 is 21.5 Å². The molecule has 8 heteroatoms. The second kappa shape index (κ2) is 7.07. The highest BCUT2D eigenvalue weighted by molar-refractivity contribution is 5.85. The number of aromatic carboxylic acids is 1. The number of carbonyl (C=O) groups is 3. The van der Waals surface area contributed by atoms with Crippen molar-refractivity contribution in [3.63, 3.8) is 0 Å². The fraction of sp³-hybridized carbons (Fsp3) is 0.333. The predicted octanol–water partition coefficient (Wildman–Crippen LogP) is -0.157. The molecule has 1 aromatic heterocycles. The summed E-state index contributed by atoms with van der Waals surface area (Å²) < 4.78 is 0. The van der Waals surface area contributed by atoms with Gasteiger partial charge in [0.05, 0.1) is 0 Å². The molecule has 108 valence electrons. The quantitative estimate of drug-likeness (QED) is 0.574. The first kappa shape index (κ1) is 15.4. The maximum absolute atomic E-state index is 11.5. The Hall–Kier alpha value is -2.64. The van der Waals surface area contributed by atoms with Gasteiger partial charge in [-0.15, -0.1) is 0 Å². The second-order valence-electron chi connectivity index (χ2n) is 4.26. The number of amides is 3. The highest BCUT2D eigenvalue weighted by Crippen LogP contribution is 2.00. The summed E-state index contributed by atoms with van der Waals surface area (Å²) >= 11 is 0. The average Bonchev–Trinajstić information content (AvgIpc) is 2.35. The van der Waals surface area contributed by atoms with Gasteiger partial charge in [-0.1, -0.05) is 6.07 Å². The third kappa shape index (κ3) is 5.34. The standard InChI is InChI=1S/C12H16N4O4/c1-7(4-10(13)17)16-12(20)15-6-8-2-3-9(11(18)19)14-5-8/h2-3,5,7H,4,6H2,1H3,(H2,13,17)(H,18,19)(H2,15,16,20). The van der Waals surface area contributed by atoms with E-state index in [0.29, 0.717) is 5.56 Å². The van der Waals surface area contributed by atoms with E-state index in [0.717, 1.165) is 0 Å². The van der Waals surface area contributed by atoms with E-state index in [1.165, 1.54) is 12.3 Å². The number of urea groups is 1. The minimum absolute atomic E-state index is 0.0578. The summed E-state index contributed by atoms with van der Waals surface area (Å²) in [6.07, 6.45) is 1.43. The summed E-state index contributed by atoms with van der Waals surface area (Å²) in [4.78, 5) is 36.5. The molecule has 8 nitrogen and oxygen atoms in total. The Morgan fingerprint density at radius 3 is 2.60 bits per heavy atom. The van der Waals surface area contributed by atoms with E-state index >= 15 is 0 Å². The molecule has 20 heavy (non-hydrogen) atoms. The van der Waals surface area contributed by atoms with Crippen LogP contribution >= 0.6 is 0 Å². The molecule has 0 saturated carbocycles. The minimum atomic E-state index is -1.11. The van der Waals surface area contributed by atoms with Crippen LogP contribution in [0.3, 0.4) is 0 Å². The van der Waals surface area contributed by atoms with Gasteiger partial charge in [0.15, 0.2) is 0 Å². The molecule has 1 heterocycles. The Bertz CT molecular complexity index is 501. The van der Waals surface area contributed by atoms with Gasteiger partial charge in [0.25, 0.3) is 0 Å². The summed E-state index contributed by atoms with van der Waals surface area (Å²) in [5.74, 6) is -1.60. The molecule has 1 aromatic rings. The Morgan fingerprint density at radius 2 is 2.10 bits per heavy atom. The summed E-state index contributed by atoms with van der Waals surface area (Å²) in [6.45, 7) is 1.86. The normalized spacial score (nSPS) is 11.4. The van der Waals surface area contributed by atoms with E-state index in [1.807, 2.05) is 0 Å². The number of carbonyl (C=O) groups excluding carboxylic acids is 2. The number of carboxylic acids is 1. The first-order valence-corrected chi connectivity index (χ1v) is 5.89. The molecule has 1 atom stereocenters. The lowest BCUT2D eigenvalue weighted by Gasteiger charge is -2.12. The smallest absolute Gasteiger partial charge is 0.354 e. The van der Waals surface area contributed by atoms with Gasteiger partial charge in [-0.2, -0.15) is 0 Å². The summed E-state index contributed by atoms with van der Waals surface area (Å²) in [6, 6.07) is 2.11. The predicted molar refractivity (Wildman–Crippen MR) is 69.8 cm³/mol. The fourth-order valence-electron chi connectivity index (χ4n) is 1.47. The molecule has 0 aliphatic carbocycles. The molecule has 0 aromatic carbocycles. The first-order valence-electron chi connectivity index (χ1n) is 5.89. The second-order valence-corrected chi connectivity index (χ2v) is 4.26. The van der Waals surface area contributed by atoms with Crippen LogP contribution in [0.1, 0.15) is 29.4 Å². The van der Waals surface area contributed by atoms with E-state index < -0.39 is 17.9 Å². The van der Waals surface area contributed by atoms with Gasteiger partial charge in [-0.25, -0.2) is 14.6 Å². The number of primary amides is 1. The SMILES string of the molecule is CC(CC(N)=O)NC(=O)NCc1ccc(C(=O)O)nc1. The number of rotatable bonds is 6. The lowest BCUT2D eigenvalue weighted by atomic mass is 10.2. The third-order valence-corrected chi connectivity index (χ3v) is 2.38. The number of carboxylic acid groups (broad SMARTS) is 1. The number of pyridine rings is 1. The Morgan fingerprint density at radius 1 is 1.40 bits per heavy atom. The zero-order valence-corrected chi connectivity index (χ0v) is 10.9. The Balaban J connectivity index is 2.40. The van der Waals surface area contributed by atoms with Crippen LogP contribution in [-0.4, -0.2) is 34.0 Å². The number of hydrogen-bond acceptors (Lipinski definition) is 4. The number of nitrogens with two attached hydrogens (primary N) is 1. The Labute approximate surface area is 115 Å². The van der Waals surface area contributed by atoms with Gasteiger partial charge in [0, 0.05) is 25.2 Å². The average molecular weight is 280 g/mol. The van der Waals surface area contributed by atoms with Crippen LogP contribution in [0.5, 0.6) is 0 Å². The number of aromatic nitrogens is 1. The molecule has 0 radical (unpaired) electrons. The highest BCUT2D eigenvalue weighted by atomic mass is 16.4. The van der Waals surface area contributed by atoms with Crippen LogP contribution in [0.2, 0.25) is 0 Å². The van der Waals surface area contributed by atoms with Crippen molar-refractivity contribution in [2.45, 2.75) is 25.9 Å². The fourth-order valence-corrected chi connectivity index (χ4v) is 1.47. The van der Waals surface area contributed by atoms with Gasteiger partial charge >= 0.3 is 12.0 Å². The van der Waals surface area contributed by atoms with Crippen LogP contribution in [0.25, 0.3) is 0 Å². The molecular weight excluding hydrogens is 264 g/mol. The van der Waals surface area contributed by atoms with Crippen molar-refractivity contribution in [3.8, 4) is 0 Å². The van der Waals surface area contributed by atoms with Crippen molar-refractivity contribution in [2.75, 3.05) is 0 Å². The van der Waals surface area contributed by atoms with Crippen LogP contribution in [0.15, 0.2) is 18.3 Å². The molecular formula is C12H16N4O4. The molecule has 1 unspecified atom stereocenters. The lowest BCUT2D eigenvalue weighted by molar-refractivity contribution is -0.118. The van der Waals surface area contributed by atoms with Crippen molar-refractivity contribution in [1.82, 2.24) is 15.6 Å². The molecule has 0 saturated heterocycles.